The highest BCUT2D eigenvalue weighted by Crippen LogP contribution is 2.29. The van der Waals surface area contributed by atoms with E-state index in [0.29, 0.717) is 5.16 Å². The van der Waals surface area contributed by atoms with Crippen LogP contribution >= 0.6 is 23.4 Å². The summed E-state index contributed by atoms with van der Waals surface area (Å²) in [4.78, 5) is 21.6. The van der Waals surface area contributed by atoms with Gasteiger partial charge in [-0.2, -0.15) is 4.98 Å². The summed E-state index contributed by atoms with van der Waals surface area (Å²) in [6.07, 6.45) is 1.12. The molecule has 2 N–H and O–H groups in total. The normalized spacial score (nSPS) is 10.4. The molecule has 0 spiro atoms. The van der Waals surface area contributed by atoms with E-state index in [1.165, 1.54) is 11.8 Å². The number of hydrogen-bond donors (Lipinski definition) is 2. The number of thioether (sulfide) groups is 1. The number of nitro groups is 1. The van der Waals surface area contributed by atoms with Gasteiger partial charge in [0, 0.05) is 0 Å². The van der Waals surface area contributed by atoms with E-state index in [-0.39, 0.29) is 16.9 Å². The van der Waals surface area contributed by atoms with Crippen molar-refractivity contribution in [3.05, 3.63) is 21.6 Å². The van der Waals surface area contributed by atoms with Gasteiger partial charge in [0.15, 0.2) is 0 Å². The number of H-pyrrole nitrogens is 1. The second-order valence-electron chi connectivity index (χ2n) is 3.14. The summed E-state index contributed by atoms with van der Waals surface area (Å²) < 4.78 is 0. The van der Waals surface area contributed by atoms with Gasteiger partial charge in [0.1, 0.15) is 6.33 Å². The molecule has 0 saturated carbocycles. The maximum atomic E-state index is 10.9. The molecule has 0 unspecified atom stereocenters. The van der Waals surface area contributed by atoms with Gasteiger partial charge in [0.25, 0.3) is 0 Å². The van der Waals surface area contributed by atoms with Crippen molar-refractivity contribution >= 4 is 40.8 Å². The molecule has 100 valence electrons. The molecule has 2 rings (SSSR count). The highest BCUT2D eigenvalue weighted by Gasteiger charge is 2.22. The van der Waals surface area contributed by atoms with Crippen molar-refractivity contribution in [2.75, 3.05) is 11.1 Å². The Morgan fingerprint density at radius 1 is 1.58 bits per heavy atom. The van der Waals surface area contributed by atoms with E-state index in [1.807, 2.05) is 6.92 Å². The quantitative estimate of drug-likeness (QED) is 0.372. The first-order valence-corrected chi connectivity index (χ1v) is 6.45. The Hall–Kier alpha value is -1.94. The van der Waals surface area contributed by atoms with Crippen LogP contribution in [0.3, 0.4) is 0 Å². The third-order valence-corrected chi connectivity index (χ3v) is 2.94. The first kappa shape index (κ1) is 13.5. The van der Waals surface area contributed by atoms with Gasteiger partial charge in [-0.1, -0.05) is 30.3 Å². The molecule has 0 aliphatic carbocycles. The van der Waals surface area contributed by atoms with E-state index < -0.39 is 10.6 Å². The fourth-order valence-electron chi connectivity index (χ4n) is 1.22. The van der Waals surface area contributed by atoms with E-state index in [4.69, 9.17) is 11.6 Å². The third kappa shape index (κ3) is 3.09. The van der Waals surface area contributed by atoms with Gasteiger partial charge in [-0.15, -0.1) is 5.10 Å². The van der Waals surface area contributed by atoms with Crippen LogP contribution in [0, 0.1) is 10.1 Å². The lowest BCUT2D eigenvalue weighted by Crippen LogP contribution is -2.02. The van der Waals surface area contributed by atoms with Crippen molar-refractivity contribution in [1.82, 2.24) is 25.1 Å². The predicted molar refractivity (Wildman–Crippen MR) is 69.8 cm³/mol. The van der Waals surface area contributed by atoms with E-state index >= 15 is 0 Å². The Labute approximate surface area is 116 Å². The molecule has 0 aliphatic rings. The molecule has 9 nitrogen and oxygen atoms in total. The first-order valence-electron chi connectivity index (χ1n) is 5.09. The Kier molecular flexibility index (Phi) is 4.12. The largest absolute Gasteiger partial charge is 0.348 e. The van der Waals surface area contributed by atoms with Crippen molar-refractivity contribution in [2.45, 2.75) is 12.1 Å². The van der Waals surface area contributed by atoms with Crippen molar-refractivity contribution in [3.63, 3.8) is 0 Å². The summed E-state index contributed by atoms with van der Waals surface area (Å²) in [5.74, 6) is 1.01. The van der Waals surface area contributed by atoms with Crippen LogP contribution in [-0.4, -0.2) is 35.8 Å². The lowest BCUT2D eigenvalue weighted by Gasteiger charge is -2.02. The second kappa shape index (κ2) is 5.80. The molecule has 0 fully saturated rings. The molecule has 0 aromatic carbocycles. The smallest absolute Gasteiger partial charge is 0.303 e. The summed E-state index contributed by atoms with van der Waals surface area (Å²) in [6, 6.07) is 0. The molecule has 0 atom stereocenters. The average molecular weight is 302 g/mol. The van der Waals surface area contributed by atoms with Crippen LogP contribution in [0.5, 0.6) is 0 Å². The van der Waals surface area contributed by atoms with Crippen LogP contribution in [0.2, 0.25) is 5.15 Å². The van der Waals surface area contributed by atoms with Crippen molar-refractivity contribution < 1.29 is 4.92 Å². The minimum absolute atomic E-state index is 0.0470. The number of nitrogens with zero attached hydrogens (tertiary/aromatic N) is 5. The molecular weight excluding hydrogens is 294 g/mol. The van der Waals surface area contributed by atoms with E-state index in [0.717, 1.165) is 12.1 Å². The van der Waals surface area contributed by atoms with Crippen LogP contribution in [0.1, 0.15) is 6.92 Å². The topological polar surface area (TPSA) is 123 Å². The number of aromatic nitrogens is 5. The summed E-state index contributed by atoms with van der Waals surface area (Å²) in [5.41, 5.74) is -0.412. The van der Waals surface area contributed by atoms with E-state index in [9.17, 15) is 10.1 Å². The highest BCUT2D eigenvalue weighted by molar-refractivity contribution is 7.99. The minimum atomic E-state index is -0.664. The number of hydrogen-bond acceptors (Lipinski definition) is 8. The van der Waals surface area contributed by atoms with Gasteiger partial charge in [-0.05, 0) is 5.75 Å². The Morgan fingerprint density at radius 2 is 2.37 bits per heavy atom. The van der Waals surface area contributed by atoms with Crippen LogP contribution < -0.4 is 5.32 Å². The molecule has 0 radical (unpaired) electrons. The van der Waals surface area contributed by atoms with E-state index in [2.05, 4.69) is 30.5 Å². The van der Waals surface area contributed by atoms with Crippen molar-refractivity contribution in [1.29, 1.82) is 0 Å². The molecule has 11 heteroatoms. The zero-order chi connectivity index (χ0) is 13.8. The van der Waals surface area contributed by atoms with Crippen molar-refractivity contribution in [3.8, 4) is 0 Å². The summed E-state index contributed by atoms with van der Waals surface area (Å²) in [6.45, 7) is 1.96. The first-order chi connectivity index (χ1) is 9.11. The lowest BCUT2D eigenvalue weighted by atomic mass is 10.5. The monoisotopic (exact) mass is 301 g/mol. The van der Waals surface area contributed by atoms with Crippen LogP contribution in [0.15, 0.2) is 11.5 Å². The average Bonchev–Trinajstić information content (AvgIpc) is 2.76. The second-order valence-corrected chi connectivity index (χ2v) is 4.73. The van der Waals surface area contributed by atoms with E-state index in [1.54, 1.807) is 0 Å². The predicted octanol–water partition coefficient (Wildman–Crippen LogP) is 2.01. The SMILES string of the molecule is CCSc1n[nH]c(Nc2ncnc(Cl)c2[N+](=O)[O-])n1. The van der Waals surface area contributed by atoms with Gasteiger partial charge in [-0.25, -0.2) is 15.1 Å². The van der Waals surface area contributed by atoms with Gasteiger partial charge < -0.3 is 5.32 Å². The zero-order valence-corrected chi connectivity index (χ0v) is 11.2. The molecule has 2 heterocycles. The van der Waals surface area contributed by atoms with Crippen molar-refractivity contribution in [2.24, 2.45) is 0 Å². The Bertz CT molecular complexity index is 605. The van der Waals surface area contributed by atoms with Gasteiger partial charge in [0.05, 0.1) is 4.92 Å². The zero-order valence-electron chi connectivity index (χ0n) is 9.62. The van der Waals surface area contributed by atoms with Crippen LogP contribution in [-0.2, 0) is 0 Å². The molecule has 2 aromatic heterocycles. The lowest BCUT2D eigenvalue weighted by molar-refractivity contribution is -0.384. The van der Waals surface area contributed by atoms with Crippen LogP contribution in [0.25, 0.3) is 0 Å². The van der Waals surface area contributed by atoms with Gasteiger partial charge in [-0.3, -0.25) is 10.1 Å². The summed E-state index contributed by atoms with van der Waals surface area (Å²) >= 11 is 7.10. The minimum Gasteiger partial charge on any atom is -0.303 e. The Morgan fingerprint density at radius 3 is 3.05 bits per heavy atom. The fraction of sp³-hybridized carbons (Fsp3) is 0.250. The molecule has 0 aliphatic heterocycles. The number of halogens is 1. The molecule has 0 bridgehead atoms. The number of nitrogens with one attached hydrogen (secondary N) is 2. The third-order valence-electron chi connectivity index (χ3n) is 1.94. The summed E-state index contributed by atoms with van der Waals surface area (Å²) in [5, 5.41) is 20.4. The maximum Gasteiger partial charge on any atom is 0.348 e. The fourth-order valence-corrected chi connectivity index (χ4v) is 1.95. The molecular formula is C8H8ClN7O2S. The maximum absolute atomic E-state index is 10.9. The molecule has 0 amide bonds. The van der Waals surface area contributed by atoms with Gasteiger partial charge in [0.2, 0.25) is 22.1 Å². The number of rotatable bonds is 5. The van der Waals surface area contributed by atoms with Crippen LogP contribution in [0.4, 0.5) is 17.5 Å². The Balaban J connectivity index is 2.27. The number of anilines is 2. The standard InChI is InChI=1S/C8H8ClN7O2S/c1-2-19-8-13-7(14-15-8)12-6-4(16(17)18)5(9)10-3-11-6/h3H,2H2,1H3,(H2,10,11,12,13,14,15). The van der Waals surface area contributed by atoms with Gasteiger partial charge >= 0.3 is 5.69 Å². The highest BCUT2D eigenvalue weighted by atomic mass is 35.5. The molecule has 0 saturated heterocycles. The molecule has 19 heavy (non-hydrogen) atoms. The molecule has 2 aromatic rings. The summed E-state index contributed by atoms with van der Waals surface area (Å²) in [7, 11) is 0. The number of aromatic amines is 1.